The molecule has 3 aromatic rings. The number of nitrogens with one attached hydrogen (secondary N) is 2. The molecule has 0 fully saturated rings. The van der Waals surface area contributed by atoms with Gasteiger partial charge >= 0.3 is 17.8 Å². The second-order valence-electron chi connectivity index (χ2n) is 6.88. The van der Waals surface area contributed by atoms with E-state index in [0.717, 1.165) is 4.47 Å². The minimum absolute atomic E-state index is 0.213. The van der Waals surface area contributed by atoms with Crippen molar-refractivity contribution < 1.29 is 23.9 Å². The van der Waals surface area contributed by atoms with Gasteiger partial charge in [-0.25, -0.2) is 10.2 Å². The zero-order valence-electron chi connectivity index (χ0n) is 18.1. The van der Waals surface area contributed by atoms with Gasteiger partial charge < -0.3 is 14.8 Å². The van der Waals surface area contributed by atoms with Gasteiger partial charge in [-0.2, -0.15) is 5.10 Å². The molecule has 0 unspecified atom stereocenters. The molecule has 3 rings (SSSR count). The fraction of sp³-hybridized carbons (Fsp3) is 0.0833. The summed E-state index contributed by atoms with van der Waals surface area (Å²) in [6, 6.07) is 16.5. The van der Waals surface area contributed by atoms with E-state index < -0.39 is 17.8 Å². The molecule has 0 aliphatic heterocycles. The molecule has 0 atom stereocenters. The third kappa shape index (κ3) is 6.43. The van der Waals surface area contributed by atoms with E-state index in [1.807, 2.05) is 0 Å². The van der Waals surface area contributed by atoms with Crippen molar-refractivity contribution in [1.29, 1.82) is 0 Å². The lowest BCUT2D eigenvalue weighted by atomic mass is 10.2. The molecule has 0 aliphatic carbocycles. The topological polar surface area (TPSA) is 106 Å². The summed E-state index contributed by atoms with van der Waals surface area (Å²) in [6.45, 7) is 1.72. The first-order chi connectivity index (χ1) is 16.3. The summed E-state index contributed by atoms with van der Waals surface area (Å²) in [4.78, 5) is 36.5. The fourth-order valence-corrected chi connectivity index (χ4v) is 3.33. The van der Waals surface area contributed by atoms with Gasteiger partial charge in [-0.05, 0) is 66.6 Å². The van der Waals surface area contributed by atoms with Crippen LogP contribution in [-0.4, -0.2) is 31.1 Å². The van der Waals surface area contributed by atoms with Gasteiger partial charge in [0, 0.05) is 15.2 Å². The van der Waals surface area contributed by atoms with Gasteiger partial charge in [-0.1, -0.05) is 39.7 Å². The maximum absolute atomic E-state index is 12.4. The van der Waals surface area contributed by atoms with E-state index in [4.69, 9.17) is 21.1 Å². The number of carbonyl (C=O) groups is 3. The minimum Gasteiger partial charge on any atom is -0.493 e. The summed E-state index contributed by atoms with van der Waals surface area (Å²) in [5.74, 6) is -1.90. The Bertz CT molecular complexity index is 1280. The predicted octanol–water partition coefficient (Wildman–Crippen LogP) is 4.73. The highest BCUT2D eigenvalue weighted by molar-refractivity contribution is 9.10. The van der Waals surface area contributed by atoms with Gasteiger partial charge in [0.25, 0.3) is 0 Å². The molecule has 2 N–H and O–H groups in total. The van der Waals surface area contributed by atoms with Crippen LogP contribution in [0.5, 0.6) is 11.5 Å². The van der Waals surface area contributed by atoms with Crippen LogP contribution in [0.2, 0.25) is 5.02 Å². The predicted molar refractivity (Wildman–Crippen MR) is 133 cm³/mol. The fourth-order valence-electron chi connectivity index (χ4n) is 2.76. The highest BCUT2D eigenvalue weighted by atomic mass is 79.9. The molecule has 0 spiro atoms. The van der Waals surface area contributed by atoms with Crippen LogP contribution in [0.4, 0.5) is 5.69 Å². The van der Waals surface area contributed by atoms with Crippen LogP contribution in [0, 0.1) is 6.92 Å². The Balaban J connectivity index is 1.62. The molecule has 8 nitrogen and oxygen atoms in total. The van der Waals surface area contributed by atoms with Crippen LogP contribution in [0.3, 0.4) is 0 Å². The van der Waals surface area contributed by atoms with Crippen LogP contribution in [-0.2, 0) is 9.59 Å². The molecule has 0 saturated heterocycles. The second-order valence-corrected chi connectivity index (χ2v) is 8.20. The number of benzene rings is 3. The molecule has 174 valence electrons. The van der Waals surface area contributed by atoms with Gasteiger partial charge in [0.15, 0.2) is 11.5 Å². The average Bonchev–Trinajstić information content (AvgIpc) is 2.82. The van der Waals surface area contributed by atoms with E-state index in [-0.39, 0.29) is 11.5 Å². The highest BCUT2D eigenvalue weighted by Crippen LogP contribution is 2.28. The van der Waals surface area contributed by atoms with Crippen molar-refractivity contribution in [2.45, 2.75) is 6.92 Å². The normalized spacial score (nSPS) is 10.6. The third-order valence-electron chi connectivity index (χ3n) is 4.55. The Morgan fingerprint density at radius 2 is 1.76 bits per heavy atom. The van der Waals surface area contributed by atoms with E-state index in [1.165, 1.54) is 19.4 Å². The molecule has 10 heteroatoms. The first-order valence-electron chi connectivity index (χ1n) is 9.83. The van der Waals surface area contributed by atoms with Crippen molar-refractivity contribution in [3.8, 4) is 11.5 Å². The number of amides is 2. The van der Waals surface area contributed by atoms with Gasteiger partial charge in [-0.3, -0.25) is 9.59 Å². The van der Waals surface area contributed by atoms with Crippen LogP contribution in [0.25, 0.3) is 0 Å². The Morgan fingerprint density at radius 1 is 1.00 bits per heavy atom. The number of esters is 1. The van der Waals surface area contributed by atoms with Gasteiger partial charge in [0.05, 0.1) is 18.9 Å². The number of methoxy groups -OCH3 is 1. The van der Waals surface area contributed by atoms with Crippen molar-refractivity contribution in [3.63, 3.8) is 0 Å². The molecule has 34 heavy (non-hydrogen) atoms. The Labute approximate surface area is 209 Å². The molecular formula is C24H19BrClN3O5. The maximum Gasteiger partial charge on any atom is 0.343 e. The quantitative estimate of drug-likeness (QED) is 0.153. The Hall–Kier alpha value is -3.69. The number of carbonyl (C=O) groups excluding carboxylic acids is 3. The number of hydrogen-bond acceptors (Lipinski definition) is 6. The number of anilines is 1. The summed E-state index contributed by atoms with van der Waals surface area (Å²) in [5, 5.41) is 6.74. The van der Waals surface area contributed by atoms with E-state index in [2.05, 4.69) is 31.8 Å². The van der Waals surface area contributed by atoms with Crippen molar-refractivity contribution in [3.05, 3.63) is 86.8 Å². The number of rotatable bonds is 6. The molecule has 2 amide bonds. The Morgan fingerprint density at radius 3 is 2.50 bits per heavy atom. The average molecular weight is 545 g/mol. The maximum atomic E-state index is 12.4. The number of hydrazone groups is 1. The number of ether oxygens (including phenoxy) is 2. The number of nitrogens with zero attached hydrogens (tertiary/aromatic N) is 1. The number of halogens is 2. The summed E-state index contributed by atoms with van der Waals surface area (Å²) < 4.78 is 11.5. The van der Waals surface area contributed by atoms with Crippen molar-refractivity contribution in [1.82, 2.24) is 5.43 Å². The molecule has 0 radical (unpaired) electrons. The smallest absolute Gasteiger partial charge is 0.343 e. The molecule has 0 saturated carbocycles. The van der Waals surface area contributed by atoms with Gasteiger partial charge in [0.1, 0.15) is 0 Å². The molecule has 0 bridgehead atoms. The van der Waals surface area contributed by atoms with E-state index in [9.17, 15) is 14.4 Å². The molecule has 0 aliphatic rings. The summed E-state index contributed by atoms with van der Waals surface area (Å²) in [6.07, 6.45) is 1.32. The number of hydrogen-bond donors (Lipinski definition) is 2. The molecule has 3 aromatic carbocycles. The van der Waals surface area contributed by atoms with E-state index in [0.29, 0.717) is 27.4 Å². The zero-order chi connectivity index (χ0) is 24.7. The van der Waals surface area contributed by atoms with E-state index >= 15 is 0 Å². The lowest BCUT2D eigenvalue weighted by molar-refractivity contribution is -0.136. The lowest BCUT2D eigenvalue weighted by Gasteiger charge is -2.10. The van der Waals surface area contributed by atoms with Crippen molar-refractivity contribution in [2.75, 3.05) is 12.4 Å². The standard InChI is InChI=1S/C24H19BrClN3O5/c1-14-18(26)7-4-8-19(14)28-22(30)23(31)29-27-13-15-9-10-20(21(11-15)33-2)34-24(32)16-5-3-6-17(25)12-16/h3-13H,1-2H3,(H,28,30)(H,29,31)/b27-13+. The summed E-state index contributed by atoms with van der Waals surface area (Å²) >= 11 is 9.33. The molecule has 0 heterocycles. The Kier molecular flexibility index (Phi) is 8.39. The third-order valence-corrected chi connectivity index (χ3v) is 5.46. The summed E-state index contributed by atoms with van der Waals surface area (Å²) in [7, 11) is 1.43. The van der Waals surface area contributed by atoms with Crippen LogP contribution >= 0.6 is 27.5 Å². The largest absolute Gasteiger partial charge is 0.493 e. The highest BCUT2D eigenvalue weighted by Gasteiger charge is 2.15. The molecule has 0 aromatic heterocycles. The zero-order valence-corrected chi connectivity index (χ0v) is 20.4. The van der Waals surface area contributed by atoms with Crippen LogP contribution < -0.4 is 20.2 Å². The first-order valence-corrected chi connectivity index (χ1v) is 11.0. The van der Waals surface area contributed by atoms with Crippen molar-refractivity contribution >= 4 is 57.2 Å². The van der Waals surface area contributed by atoms with Crippen LogP contribution in [0.1, 0.15) is 21.5 Å². The van der Waals surface area contributed by atoms with E-state index in [1.54, 1.807) is 61.5 Å². The van der Waals surface area contributed by atoms with Crippen molar-refractivity contribution in [2.24, 2.45) is 5.10 Å². The minimum atomic E-state index is -0.956. The first kappa shape index (κ1) is 24.9. The van der Waals surface area contributed by atoms with Gasteiger partial charge in [0.2, 0.25) is 0 Å². The molecular weight excluding hydrogens is 526 g/mol. The van der Waals surface area contributed by atoms with Gasteiger partial charge in [-0.15, -0.1) is 0 Å². The lowest BCUT2D eigenvalue weighted by Crippen LogP contribution is -2.32. The summed E-state index contributed by atoms with van der Waals surface area (Å²) in [5.41, 5.74) is 4.12. The SMILES string of the molecule is COc1cc(/C=N/NC(=O)C(=O)Nc2cccc(Cl)c2C)ccc1OC(=O)c1cccc(Br)c1. The monoisotopic (exact) mass is 543 g/mol. The second kappa shape index (κ2) is 11.4. The van der Waals surface area contributed by atoms with Crippen LogP contribution in [0.15, 0.2) is 70.2 Å².